The molecule has 0 fully saturated rings. The van der Waals surface area contributed by atoms with Crippen LogP contribution in [-0.2, 0) is 0 Å². The number of para-hydroxylation sites is 1. The number of aromatic nitrogens is 1. The van der Waals surface area contributed by atoms with E-state index in [1.807, 2.05) is 6.07 Å². The van der Waals surface area contributed by atoms with E-state index in [0.717, 1.165) is 10.9 Å². The largest absolute Gasteiger partial charge is 1.00 e. The number of fused-ring (bicyclic) bond motifs is 2. The quantitative estimate of drug-likeness (QED) is 0.488. The zero-order valence-corrected chi connectivity index (χ0v) is 13.3. The first-order valence-electron chi connectivity index (χ1n) is 6.19. The fraction of sp³-hybridized carbons (Fsp3) is 0. The van der Waals surface area contributed by atoms with Gasteiger partial charge in [0.05, 0.1) is 5.69 Å². The molecule has 0 saturated carbocycles. The number of carbonyl (C=O) groups excluding carboxylic acids is 1. The summed E-state index contributed by atoms with van der Waals surface area (Å²) in [6, 6.07) is 15.4. The van der Waals surface area contributed by atoms with Gasteiger partial charge in [0.2, 0.25) is 5.78 Å². The Hall–Kier alpha value is -1.88. The molecule has 1 aliphatic rings. The summed E-state index contributed by atoms with van der Waals surface area (Å²) in [4.78, 5) is 19.6. The molecule has 0 radical (unpaired) electrons. The molecule has 3 aromatic rings. The molecule has 1 aromatic heterocycles. The summed E-state index contributed by atoms with van der Waals surface area (Å²) >= 11 is 0. The molecule has 0 saturated heterocycles. The first kappa shape index (κ1) is 14.1. The fourth-order valence-electron chi connectivity index (χ4n) is 2.53. The molecule has 4 nitrogen and oxygen atoms in total. The van der Waals surface area contributed by atoms with Crippen LogP contribution in [-0.4, -0.2) is 21.6 Å². The molecule has 2 heterocycles. The van der Waals surface area contributed by atoms with Crippen molar-refractivity contribution < 1.29 is 39.5 Å². The van der Waals surface area contributed by atoms with Gasteiger partial charge in [0, 0.05) is 11.1 Å². The number of nitrogens with one attached hydrogen (secondary N) is 1. The monoisotopic (exact) mass is 284 g/mol. The van der Waals surface area contributed by atoms with Crippen LogP contribution in [0.1, 0.15) is 15.9 Å². The van der Waals surface area contributed by atoms with Crippen molar-refractivity contribution in [2.45, 2.75) is 0 Å². The van der Waals surface area contributed by atoms with Gasteiger partial charge < -0.3 is 10.1 Å². The topological polar surface area (TPSA) is 65.4 Å². The molecule has 0 atom stereocenters. The van der Waals surface area contributed by atoms with Crippen LogP contribution in [0, 0.1) is 6.07 Å². The average Bonchev–Trinajstić information content (AvgIpc) is 2.96. The molecule has 0 bridgehead atoms. The van der Waals surface area contributed by atoms with Gasteiger partial charge in [-0.25, -0.2) is 4.99 Å². The van der Waals surface area contributed by atoms with Crippen LogP contribution in [0.2, 0.25) is 0 Å². The van der Waals surface area contributed by atoms with Crippen molar-refractivity contribution in [1.82, 2.24) is 4.98 Å². The maximum atomic E-state index is 12.4. The molecule has 21 heavy (non-hydrogen) atoms. The van der Waals surface area contributed by atoms with Gasteiger partial charge >= 0.3 is 29.6 Å². The summed E-state index contributed by atoms with van der Waals surface area (Å²) in [5.74, 6) is -0.208. The predicted octanol–water partition coefficient (Wildman–Crippen LogP) is -0.00521. The summed E-state index contributed by atoms with van der Waals surface area (Å²) < 4.78 is 0. The van der Waals surface area contributed by atoms with Crippen molar-refractivity contribution in [3.63, 3.8) is 0 Å². The number of aromatic amines is 1. The van der Waals surface area contributed by atoms with Crippen LogP contribution in [0.4, 0.5) is 5.69 Å². The maximum Gasteiger partial charge on any atom is 1.00 e. The van der Waals surface area contributed by atoms with Crippen molar-refractivity contribution in [2.75, 3.05) is 0 Å². The molecular weight excluding hydrogens is 275 g/mol. The summed E-state index contributed by atoms with van der Waals surface area (Å²) in [6.07, 6.45) is 0. The number of Topliss-reactive ketones (excluding diaryl/α,β-unsaturated/α-hetero) is 1. The SMILES string of the molecule is O=C1C(c2c(O)[nH]c3cc[c-]cc23)=Nc2ccccc21.[Na+]. The summed E-state index contributed by atoms with van der Waals surface area (Å²) in [6.45, 7) is 0. The van der Waals surface area contributed by atoms with E-state index in [0.29, 0.717) is 16.8 Å². The van der Waals surface area contributed by atoms with Crippen LogP contribution in [0.3, 0.4) is 0 Å². The molecule has 0 unspecified atom stereocenters. The van der Waals surface area contributed by atoms with E-state index in [-0.39, 0.29) is 46.9 Å². The molecule has 4 rings (SSSR count). The van der Waals surface area contributed by atoms with E-state index in [4.69, 9.17) is 0 Å². The van der Waals surface area contributed by atoms with Crippen LogP contribution >= 0.6 is 0 Å². The number of hydrogen-bond donors (Lipinski definition) is 2. The van der Waals surface area contributed by atoms with Crippen molar-refractivity contribution in [3.05, 3.63) is 59.7 Å². The predicted molar refractivity (Wildman–Crippen MR) is 75.8 cm³/mol. The second-order valence-electron chi connectivity index (χ2n) is 4.63. The molecule has 0 amide bonds. The minimum atomic E-state index is -0.166. The Morgan fingerprint density at radius 3 is 2.81 bits per heavy atom. The minimum Gasteiger partial charge on any atom is -0.495 e. The Morgan fingerprint density at radius 2 is 2.00 bits per heavy atom. The number of benzene rings is 2. The second kappa shape index (κ2) is 5.15. The third-order valence-corrected chi connectivity index (χ3v) is 3.46. The van der Waals surface area contributed by atoms with Gasteiger partial charge in [0.15, 0.2) is 5.88 Å². The molecule has 0 aliphatic carbocycles. The van der Waals surface area contributed by atoms with Crippen molar-refractivity contribution in [2.24, 2.45) is 4.99 Å². The summed E-state index contributed by atoms with van der Waals surface area (Å²) in [7, 11) is 0. The van der Waals surface area contributed by atoms with Gasteiger partial charge in [-0.2, -0.15) is 18.2 Å². The molecule has 0 spiro atoms. The Labute approximate surface area is 142 Å². The van der Waals surface area contributed by atoms with E-state index < -0.39 is 0 Å². The number of H-pyrrole nitrogens is 1. The Kier molecular flexibility index (Phi) is 3.45. The van der Waals surface area contributed by atoms with Gasteiger partial charge in [-0.15, -0.1) is 6.07 Å². The maximum absolute atomic E-state index is 12.4. The normalized spacial score (nSPS) is 13.0. The van der Waals surface area contributed by atoms with Crippen molar-refractivity contribution in [1.29, 1.82) is 0 Å². The van der Waals surface area contributed by atoms with E-state index in [1.165, 1.54) is 0 Å². The van der Waals surface area contributed by atoms with Crippen LogP contribution in [0.5, 0.6) is 5.88 Å². The molecule has 1 aliphatic heterocycles. The number of aliphatic imine (C=N–C) groups is 1. The van der Waals surface area contributed by atoms with Gasteiger partial charge in [0.25, 0.3) is 0 Å². The molecule has 2 N–H and O–H groups in total. The van der Waals surface area contributed by atoms with Crippen molar-refractivity contribution in [3.8, 4) is 5.88 Å². The number of nitrogens with zero attached hydrogens (tertiary/aromatic N) is 1. The standard InChI is InChI=1S/C16H9N2O2.Na/c19-15-10-6-2-4-8-12(10)17-14(15)13-9-5-1-3-7-11(9)18-16(13)20;/h2-8,18,20H;/q-1;+1. The summed E-state index contributed by atoms with van der Waals surface area (Å²) in [5, 5.41) is 10.8. The Balaban J connectivity index is 0.00000132. The first-order chi connectivity index (χ1) is 9.75. The number of carbonyl (C=O) groups is 1. The third kappa shape index (κ3) is 2.03. The summed E-state index contributed by atoms with van der Waals surface area (Å²) in [5.41, 5.74) is 2.67. The van der Waals surface area contributed by atoms with E-state index in [9.17, 15) is 9.90 Å². The van der Waals surface area contributed by atoms with Gasteiger partial charge in [-0.3, -0.25) is 4.79 Å². The zero-order valence-electron chi connectivity index (χ0n) is 11.3. The van der Waals surface area contributed by atoms with Crippen LogP contribution in [0.15, 0.2) is 47.5 Å². The van der Waals surface area contributed by atoms with Crippen LogP contribution in [0.25, 0.3) is 10.9 Å². The van der Waals surface area contributed by atoms with Gasteiger partial charge in [-0.1, -0.05) is 23.0 Å². The third-order valence-electron chi connectivity index (χ3n) is 3.46. The fourth-order valence-corrected chi connectivity index (χ4v) is 2.53. The van der Waals surface area contributed by atoms with E-state index >= 15 is 0 Å². The minimum absolute atomic E-state index is 0. The van der Waals surface area contributed by atoms with Gasteiger partial charge in [-0.05, 0) is 12.1 Å². The number of aromatic hydroxyl groups is 1. The zero-order chi connectivity index (χ0) is 13.7. The number of ketones is 1. The number of rotatable bonds is 1. The number of hydrogen-bond acceptors (Lipinski definition) is 3. The Bertz CT molecular complexity index is 896. The van der Waals surface area contributed by atoms with E-state index in [2.05, 4.69) is 16.0 Å². The smallest absolute Gasteiger partial charge is 0.495 e. The van der Waals surface area contributed by atoms with Gasteiger partial charge in [0.1, 0.15) is 5.71 Å². The molecular formula is C16H9N2NaO2. The molecule has 2 aromatic carbocycles. The second-order valence-corrected chi connectivity index (χ2v) is 4.63. The molecule has 5 heteroatoms. The first-order valence-corrected chi connectivity index (χ1v) is 6.19. The average molecular weight is 284 g/mol. The Morgan fingerprint density at radius 1 is 1.19 bits per heavy atom. The van der Waals surface area contributed by atoms with Crippen LogP contribution < -0.4 is 29.6 Å². The van der Waals surface area contributed by atoms with Crippen molar-refractivity contribution >= 4 is 28.1 Å². The van der Waals surface area contributed by atoms with E-state index in [1.54, 1.807) is 36.4 Å². The molecule has 96 valence electrons.